The Morgan fingerprint density at radius 1 is 1.29 bits per heavy atom. The van der Waals surface area contributed by atoms with Crippen LogP contribution in [0.2, 0.25) is 5.02 Å². The van der Waals surface area contributed by atoms with Crippen LogP contribution in [0.15, 0.2) is 48.5 Å². The molecule has 0 fully saturated rings. The van der Waals surface area contributed by atoms with Crippen molar-refractivity contribution < 1.29 is 14.3 Å². The number of hydrogen-bond donors (Lipinski definition) is 2. The number of aliphatic hydroxyl groups is 1. The molecule has 0 heterocycles. The molecule has 110 valence electrons. The maximum Gasteiger partial charge on any atom is 0.251 e. The molecule has 21 heavy (non-hydrogen) atoms. The molecular weight excluding hydrogens is 293 g/mol. The van der Waals surface area contributed by atoms with Crippen LogP contribution in [0.25, 0.3) is 0 Å². The Labute approximate surface area is 127 Å². The minimum Gasteiger partial charge on any atom is -0.384 e. The van der Waals surface area contributed by atoms with Gasteiger partial charge >= 0.3 is 0 Å². The fourth-order valence-electron chi connectivity index (χ4n) is 1.89. The zero-order valence-electron chi connectivity index (χ0n) is 11.4. The van der Waals surface area contributed by atoms with E-state index in [0.717, 1.165) is 6.07 Å². The molecule has 5 heteroatoms. The van der Waals surface area contributed by atoms with Crippen molar-refractivity contribution in [1.82, 2.24) is 5.32 Å². The zero-order valence-corrected chi connectivity index (χ0v) is 12.2. The Morgan fingerprint density at radius 3 is 2.57 bits per heavy atom. The molecule has 0 aliphatic heterocycles. The van der Waals surface area contributed by atoms with E-state index in [4.69, 9.17) is 11.6 Å². The lowest BCUT2D eigenvalue weighted by Crippen LogP contribution is -2.38. The molecule has 2 rings (SSSR count). The van der Waals surface area contributed by atoms with Crippen LogP contribution in [0, 0.1) is 5.82 Å². The summed E-state index contributed by atoms with van der Waals surface area (Å²) in [6, 6.07) is 12.8. The third kappa shape index (κ3) is 3.80. The van der Waals surface area contributed by atoms with Crippen molar-refractivity contribution in [2.45, 2.75) is 12.5 Å². The van der Waals surface area contributed by atoms with Crippen molar-refractivity contribution in [3.63, 3.8) is 0 Å². The van der Waals surface area contributed by atoms with Gasteiger partial charge in [-0.25, -0.2) is 4.39 Å². The van der Waals surface area contributed by atoms with Crippen LogP contribution in [-0.2, 0) is 5.60 Å². The molecule has 0 aliphatic carbocycles. The highest BCUT2D eigenvalue weighted by molar-refractivity contribution is 6.30. The second kappa shape index (κ2) is 6.24. The van der Waals surface area contributed by atoms with Crippen molar-refractivity contribution in [3.8, 4) is 0 Å². The molecule has 0 bridgehead atoms. The summed E-state index contributed by atoms with van der Waals surface area (Å²) in [6.07, 6.45) is 0. The molecular formula is C16H15ClFNO2. The third-order valence-electron chi connectivity index (χ3n) is 3.17. The molecule has 1 amide bonds. The maximum absolute atomic E-state index is 13.3. The van der Waals surface area contributed by atoms with E-state index in [1.807, 2.05) is 6.07 Å². The van der Waals surface area contributed by atoms with E-state index in [2.05, 4.69) is 5.32 Å². The van der Waals surface area contributed by atoms with Gasteiger partial charge in [0.15, 0.2) is 0 Å². The van der Waals surface area contributed by atoms with Crippen LogP contribution in [0.1, 0.15) is 22.8 Å². The normalized spacial score (nSPS) is 13.5. The largest absolute Gasteiger partial charge is 0.384 e. The number of amides is 1. The summed E-state index contributed by atoms with van der Waals surface area (Å²) in [5.41, 5.74) is -0.365. The lowest BCUT2D eigenvalue weighted by atomic mass is 9.96. The Balaban J connectivity index is 2.05. The number of hydrogen-bond acceptors (Lipinski definition) is 2. The standard InChI is InChI=1S/C16H15ClFNO2/c1-16(21,12-5-3-2-4-6-12)10-19-15(20)11-7-8-13(17)14(18)9-11/h2-9,21H,10H2,1H3,(H,19,20). The van der Waals surface area contributed by atoms with E-state index in [0.29, 0.717) is 5.56 Å². The van der Waals surface area contributed by atoms with Crippen molar-refractivity contribution >= 4 is 17.5 Å². The topological polar surface area (TPSA) is 49.3 Å². The molecule has 2 aromatic carbocycles. The third-order valence-corrected chi connectivity index (χ3v) is 3.48. The summed E-state index contributed by atoms with van der Waals surface area (Å²) in [4.78, 5) is 12.0. The van der Waals surface area contributed by atoms with Gasteiger partial charge in [-0.2, -0.15) is 0 Å². The molecule has 1 atom stereocenters. The first kappa shape index (κ1) is 15.5. The van der Waals surface area contributed by atoms with Gasteiger partial charge in [-0.1, -0.05) is 41.9 Å². The van der Waals surface area contributed by atoms with Crippen molar-refractivity contribution in [2.24, 2.45) is 0 Å². The Kier molecular flexibility index (Phi) is 4.60. The first-order chi connectivity index (χ1) is 9.90. The Morgan fingerprint density at radius 2 is 1.95 bits per heavy atom. The zero-order chi connectivity index (χ0) is 15.5. The average molecular weight is 308 g/mol. The van der Waals surface area contributed by atoms with E-state index in [9.17, 15) is 14.3 Å². The molecule has 0 saturated heterocycles. The highest BCUT2D eigenvalue weighted by Gasteiger charge is 2.23. The first-order valence-corrected chi connectivity index (χ1v) is 6.79. The van der Waals surface area contributed by atoms with Crippen molar-refractivity contribution in [3.05, 3.63) is 70.5 Å². The lowest BCUT2D eigenvalue weighted by Gasteiger charge is -2.24. The molecule has 0 saturated carbocycles. The minimum absolute atomic E-state index is 0.0140. The minimum atomic E-state index is -1.21. The van der Waals surface area contributed by atoms with Gasteiger partial charge in [-0.15, -0.1) is 0 Å². The van der Waals surface area contributed by atoms with Gasteiger partial charge < -0.3 is 10.4 Å². The summed E-state index contributed by atoms with van der Waals surface area (Å²) in [5, 5.41) is 12.9. The van der Waals surface area contributed by atoms with E-state index in [-0.39, 0.29) is 17.1 Å². The second-order valence-corrected chi connectivity index (χ2v) is 5.36. The van der Waals surface area contributed by atoms with Gasteiger partial charge in [0, 0.05) is 5.56 Å². The summed E-state index contributed by atoms with van der Waals surface area (Å²) in [5.74, 6) is -1.12. The first-order valence-electron chi connectivity index (χ1n) is 6.41. The number of halogens is 2. The fourth-order valence-corrected chi connectivity index (χ4v) is 2.01. The van der Waals surface area contributed by atoms with Gasteiger partial charge in [0.2, 0.25) is 0 Å². The van der Waals surface area contributed by atoms with Crippen LogP contribution in [0.4, 0.5) is 4.39 Å². The van der Waals surface area contributed by atoms with E-state index >= 15 is 0 Å². The van der Waals surface area contributed by atoms with E-state index in [1.54, 1.807) is 31.2 Å². The van der Waals surface area contributed by atoms with Gasteiger partial charge in [-0.3, -0.25) is 4.79 Å². The summed E-state index contributed by atoms with van der Waals surface area (Å²) in [6.45, 7) is 1.62. The molecule has 1 unspecified atom stereocenters. The monoisotopic (exact) mass is 307 g/mol. The second-order valence-electron chi connectivity index (χ2n) is 4.95. The van der Waals surface area contributed by atoms with E-state index in [1.165, 1.54) is 12.1 Å². The molecule has 0 spiro atoms. The predicted octanol–water partition coefficient (Wildman–Crippen LogP) is 3.12. The van der Waals surface area contributed by atoms with Gasteiger partial charge in [0.1, 0.15) is 11.4 Å². The number of carbonyl (C=O) groups excluding carboxylic acids is 1. The fraction of sp³-hybridized carbons (Fsp3) is 0.188. The molecule has 2 aromatic rings. The van der Waals surface area contributed by atoms with Crippen LogP contribution in [0.3, 0.4) is 0 Å². The summed E-state index contributed by atoms with van der Waals surface area (Å²) >= 11 is 5.57. The predicted molar refractivity (Wildman–Crippen MR) is 79.8 cm³/mol. The maximum atomic E-state index is 13.3. The summed E-state index contributed by atoms with van der Waals surface area (Å²) in [7, 11) is 0. The van der Waals surface area contributed by atoms with Crippen molar-refractivity contribution in [1.29, 1.82) is 0 Å². The van der Waals surface area contributed by atoms with E-state index < -0.39 is 17.3 Å². The molecule has 0 radical (unpaired) electrons. The van der Waals surface area contributed by atoms with Crippen molar-refractivity contribution in [2.75, 3.05) is 6.54 Å². The number of carbonyl (C=O) groups is 1. The number of nitrogens with one attached hydrogen (secondary N) is 1. The lowest BCUT2D eigenvalue weighted by molar-refractivity contribution is 0.0526. The number of benzene rings is 2. The van der Waals surface area contributed by atoms with Crippen LogP contribution < -0.4 is 5.32 Å². The molecule has 2 N–H and O–H groups in total. The van der Waals surface area contributed by atoms with Crippen LogP contribution in [-0.4, -0.2) is 17.6 Å². The van der Waals surface area contributed by atoms with Gasteiger partial charge in [0.05, 0.1) is 11.6 Å². The van der Waals surface area contributed by atoms with Crippen LogP contribution >= 0.6 is 11.6 Å². The molecule has 0 aliphatic rings. The van der Waals surface area contributed by atoms with Gasteiger partial charge in [0.25, 0.3) is 5.91 Å². The average Bonchev–Trinajstić information content (AvgIpc) is 2.48. The highest BCUT2D eigenvalue weighted by Crippen LogP contribution is 2.19. The Bertz CT molecular complexity index is 644. The molecule has 0 aromatic heterocycles. The number of rotatable bonds is 4. The molecule has 3 nitrogen and oxygen atoms in total. The Hall–Kier alpha value is -1.91. The highest BCUT2D eigenvalue weighted by atomic mass is 35.5. The van der Waals surface area contributed by atoms with Crippen LogP contribution in [0.5, 0.6) is 0 Å². The summed E-state index contributed by atoms with van der Waals surface area (Å²) < 4.78 is 13.3. The SMILES string of the molecule is CC(O)(CNC(=O)c1ccc(Cl)c(F)c1)c1ccccc1. The smallest absolute Gasteiger partial charge is 0.251 e. The van der Waals surface area contributed by atoms with Gasteiger partial charge in [-0.05, 0) is 30.7 Å². The quantitative estimate of drug-likeness (QED) is 0.912.